The van der Waals surface area contributed by atoms with E-state index in [1.807, 2.05) is 18.3 Å². The zero-order valence-electron chi connectivity index (χ0n) is 10.2. The Kier molecular flexibility index (Phi) is 3.01. The molecule has 0 radical (unpaired) electrons. The van der Waals surface area contributed by atoms with Crippen molar-refractivity contribution in [3.8, 4) is 5.75 Å². The molecule has 16 heavy (non-hydrogen) atoms. The second-order valence-corrected chi connectivity index (χ2v) is 4.67. The van der Waals surface area contributed by atoms with Gasteiger partial charge in [-0.25, -0.2) is 4.98 Å². The second kappa shape index (κ2) is 4.29. The van der Waals surface area contributed by atoms with Gasteiger partial charge in [0.05, 0.1) is 7.11 Å². The number of hydrogen-bond donors (Lipinski definition) is 1. The third kappa shape index (κ3) is 1.97. The Morgan fingerprint density at radius 3 is 3.00 bits per heavy atom. The SMILES string of the molecule is COc1cccnc1N1CCNCC1(C)C. The Balaban J connectivity index is 2.34. The minimum absolute atomic E-state index is 0.0693. The number of methoxy groups -OCH3 is 1. The summed E-state index contributed by atoms with van der Waals surface area (Å²) in [7, 11) is 1.69. The smallest absolute Gasteiger partial charge is 0.171 e. The van der Waals surface area contributed by atoms with Crippen molar-refractivity contribution in [1.82, 2.24) is 10.3 Å². The summed E-state index contributed by atoms with van der Waals surface area (Å²) in [5.41, 5.74) is 0.0693. The molecule has 1 aliphatic rings. The average Bonchev–Trinajstić information content (AvgIpc) is 2.28. The minimum Gasteiger partial charge on any atom is -0.493 e. The monoisotopic (exact) mass is 221 g/mol. The van der Waals surface area contributed by atoms with Crippen LogP contribution in [0, 0.1) is 0 Å². The Hall–Kier alpha value is -1.29. The predicted octanol–water partition coefficient (Wildman–Crippen LogP) is 1.28. The fraction of sp³-hybridized carbons (Fsp3) is 0.583. The van der Waals surface area contributed by atoms with Gasteiger partial charge in [0.25, 0.3) is 0 Å². The maximum absolute atomic E-state index is 5.37. The van der Waals surface area contributed by atoms with E-state index in [1.54, 1.807) is 7.11 Å². The first-order valence-electron chi connectivity index (χ1n) is 5.62. The highest BCUT2D eigenvalue weighted by Crippen LogP contribution is 2.30. The van der Waals surface area contributed by atoms with E-state index in [4.69, 9.17) is 4.74 Å². The molecule has 0 aromatic carbocycles. The molecule has 4 heteroatoms. The lowest BCUT2D eigenvalue weighted by Gasteiger charge is -2.43. The van der Waals surface area contributed by atoms with Crippen molar-refractivity contribution in [3.63, 3.8) is 0 Å². The van der Waals surface area contributed by atoms with Gasteiger partial charge in [-0.2, -0.15) is 0 Å². The Morgan fingerprint density at radius 2 is 2.31 bits per heavy atom. The van der Waals surface area contributed by atoms with Crippen LogP contribution in [0.5, 0.6) is 5.75 Å². The molecule has 2 rings (SSSR count). The number of aromatic nitrogens is 1. The molecule has 1 aromatic rings. The summed E-state index contributed by atoms with van der Waals surface area (Å²) in [5, 5.41) is 3.40. The first-order chi connectivity index (χ1) is 7.65. The molecule has 0 unspecified atom stereocenters. The van der Waals surface area contributed by atoms with Crippen LogP contribution in [0.25, 0.3) is 0 Å². The molecular weight excluding hydrogens is 202 g/mol. The number of piperazine rings is 1. The van der Waals surface area contributed by atoms with Crippen LogP contribution in [-0.4, -0.2) is 37.3 Å². The quantitative estimate of drug-likeness (QED) is 0.816. The van der Waals surface area contributed by atoms with E-state index in [9.17, 15) is 0 Å². The number of hydrogen-bond acceptors (Lipinski definition) is 4. The van der Waals surface area contributed by atoms with Crippen molar-refractivity contribution < 1.29 is 4.74 Å². The maximum atomic E-state index is 5.37. The van der Waals surface area contributed by atoms with Gasteiger partial charge in [0.1, 0.15) is 0 Å². The topological polar surface area (TPSA) is 37.4 Å². The molecule has 0 saturated carbocycles. The van der Waals surface area contributed by atoms with Crippen LogP contribution < -0.4 is 15.0 Å². The molecule has 0 aliphatic carbocycles. The number of nitrogens with one attached hydrogen (secondary N) is 1. The second-order valence-electron chi connectivity index (χ2n) is 4.67. The van der Waals surface area contributed by atoms with E-state index >= 15 is 0 Å². The van der Waals surface area contributed by atoms with Crippen molar-refractivity contribution in [2.45, 2.75) is 19.4 Å². The molecule has 88 valence electrons. The fourth-order valence-corrected chi connectivity index (χ4v) is 2.12. The van der Waals surface area contributed by atoms with E-state index in [-0.39, 0.29) is 5.54 Å². The largest absolute Gasteiger partial charge is 0.493 e. The summed E-state index contributed by atoms with van der Waals surface area (Å²) in [6.07, 6.45) is 1.82. The molecule has 1 N–H and O–H groups in total. The molecule has 4 nitrogen and oxygen atoms in total. The van der Waals surface area contributed by atoms with Crippen LogP contribution in [0.1, 0.15) is 13.8 Å². The van der Waals surface area contributed by atoms with Crippen LogP contribution in [0.3, 0.4) is 0 Å². The van der Waals surface area contributed by atoms with Crippen LogP contribution in [0.15, 0.2) is 18.3 Å². The van der Waals surface area contributed by atoms with Gasteiger partial charge in [-0.05, 0) is 26.0 Å². The third-order valence-electron chi connectivity index (χ3n) is 3.03. The van der Waals surface area contributed by atoms with Gasteiger partial charge in [0, 0.05) is 31.4 Å². The van der Waals surface area contributed by atoms with Gasteiger partial charge in [0.15, 0.2) is 11.6 Å². The Labute approximate surface area is 96.6 Å². The summed E-state index contributed by atoms with van der Waals surface area (Å²) in [5.74, 6) is 1.79. The van der Waals surface area contributed by atoms with E-state index < -0.39 is 0 Å². The third-order valence-corrected chi connectivity index (χ3v) is 3.03. The van der Waals surface area contributed by atoms with Gasteiger partial charge < -0.3 is 15.0 Å². The number of rotatable bonds is 2. The molecular formula is C12H19N3O. The summed E-state index contributed by atoms with van der Waals surface area (Å²) >= 11 is 0. The normalized spacial score (nSPS) is 19.6. The lowest BCUT2D eigenvalue weighted by Crippen LogP contribution is -2.58. The summed E-state index contributed by atoms with van der Waals surface area (Å²) in [6.45, 7) is 7.34. The Bertz CT molecular complexity index is 365. The summed E-state index contributed by atoms with van der Waals surface area (Å²) in [6, 6.07) is 3.86. The molecule has 1 saturated heterocycles. The predicted molar refractivity (Wildman–Crippen MR) is 65.1 cm³/mol. The highest BCUT2D eigenvalue weighted by atomic mass is 16.5. The van der Waals surface area contributed by atoms with Crippen LogP contribution in [-0.2, 0) is 0 Å². The summed E-state index contributed by atoms with van der Waals surface area (Å²) in [4.78, 5) is 6.75. The first-order valence-corrected chi connectivity index (χ1v) is 5.62. The molecule has 0 bridgehead atoms. The first kappa shape index (κ1) is 11.2. The average molecular weight is 221 g/mol. The van der Waals surface area contributed by atoms with Crippen molar-refractivity contribution in [2.24, 2.45) is 0 Å². The molecule has 0 spiro atoms. The van der Waals surface area contributed by atoms with Gasteiger partial charge in [-0.15, -0.1) is 0 Å². The highest BCUT2D eigenvalue weighted by Gasteiger charge is 2.32. The van der Waals surface area contributed by atoms with Crippen molar-refractivity contribution in [1.29, 1.82) is 0 Å². The highest BCUT2D eigenvalue weighted by molar-refractivity contribution is 5.54. The lowest BCUT2D eigenvalue weighted by molar-refractivity contribution is 0.364. The van der Waals surface area contributed by atoms with E-state index in [0.29, 0.717) is 0 Å². The van der Waals surface area contributed by atoms with Crippen LogP contribution in [0.2, 0.25) is 0 Å². The zero-order chi connectivity index (χ0) is 11.6. The molecule has 1 aliphatic heterocycles. The number of nitrogens with zero attached hydrogens (tertiary/aromatic N) is 2. The van der Waals surface area contributed by atoms with Crippen molar-refractivity contribution in [3.05, 3.63) is 18.3 Å². The van der Waals surface area contributed by atoms with Gasteiger partial charge in [-0.3, -0.25) is 0 Å². The molecule has 0 atom stereocenters. The van der Waals surface area contributed by atoms with E-state index in [2.05, 4.69) is 29.0 Å². The molecule has 1 aromatic heterocycles. The van der Waals surface area contributed by atoms with E-state index in [0.717, 1.165) is 31.2 Å². The zero-order valence-corrected chi connectivity index (χ0v) is 10.2. The maximum Gasteiger partial charge on any atom is 0.171 e. The van der Waals surface area contributed by atoms with E-state index in [1.165, 1.54) is 0 Å². The van der Waals surface area contributed by atoms with Crippen molar-refractivity contribution in [2.75, 3.05) is 31.6 Å². The Morgan fingerprint density at radius 1 is 1.50 bits per heavy atom. The van der Waals surface area contributed by atoms with Crippen LogP contribution in [0.4, 0.5) is 5.82 Å². The summed E-state index contributed by atoms with van der Waals surface area (Å²) < 4.78 is 5.37. The number of ether oxygens (including phenoxy) is 1. The fourth-order valence-electron chi connectivity index (χ4n) is 2.12. The molecule has 1 fully saturated rings. The van der Waals surface area contributed by atoms with Gasteiger partial charge >= 0.3 is 0 Å². The minimum atomic E-state index is 0.0693. The number of pyridine rings is 1. The van der Waals surface area contributed by atoms with Crippen molar-refractivity contribution >= 4 is 5.82 Å². The van der Waals surface area contributed by atoms with Crippen LogP contribution >= 0.6 is 0 Å². The van der Waals surface area contributed by atoms with Gasteiger partial charge in [0.2, 0.25) is 0 Å². The van der Waals surface area contributed by atoms with Gasteiger partial charge in [-0.1, -0.05) is 0 Å². The lowest BCUT2D eigenvalue weighted by atomic mass is 10.00. The molecule has 0 amide bonds. The number of anilines is 1. The molecule has 2 heterocycles. The standard InChI is InChI=1S/C12H19N3O/c1-12(2)9-13-7-8-15(12)11-10(16-3)5-4-6-14-11/h4-6,13H,7-9H2,1-3H3.